The monoisotopic (exact) mass is 343 g/mol. The Bertz CT molecular complexity index is 673. The van der Waals surface area contributed by atoms with Crippen molar-refractivity contribution in [2.45, 2.75) is 25.4 Å². The van der Waals surface area contributed by atoms with Crippen molar-refractivity contribution in [1.82, 2.24) is 15.1 Å². The first-order valence-corrected chi connectivity index (χ1v) is 8.64. The Kier molecular flexibility index (Phi) is 5.90. The Labute approximate surface area is 148 Å². The first kappa shape index (κ1) is 17.3. The van der Waals surface area contributed by atoms with E-state index in [4.69, 9.17) is 4.74 Å². The number of anilines is 2. The number of aromatic nitrogens is 2. The van der Waals surface area contributed by atoms with Crippen molar-refractivity contribution >= 4 is 17.5 Å². The number of carbonyl (C=O) groups excluding carboxylic acids is 1. The Morgan fingerprint density at radius 1 is 1.32 bits per heavy atom. The van der Waals surface area contributed by atoms with E-state index in [0.29, 0.717) is 12.4 Å². The van der Waals surface area contributed by atoms with Gasteiger partial charge in [0.1, 0.15) is 0 Å². The first-order valence-electron chi connectivity index (χ1n) is 8.64. The smallest absolute Gasteiger partial charge is 0.320 e. The van der Waals surface area contributed by atoms with Crippen LogP contribution in [0.2, 0.25) is 0 Å². The average Bonchev–Trinajstić information content (AvgIpc) is 3.26. The Hall–Kier alpha value is -2.54. The third-order valence-corrected chi connectivity index (χ3v) is 4.26. The maximum absolute atomic E-state index is 12.2. The minimum absolute atomic E-state index is 0.143. The molecule has 7 nitrogen and oxygen atoms in total. The molecule has 2 amide bonds. The number of nitrogens with zero attached hydrogens (tertiary/aromatic N) is 3. The number of methoxy groups -OCH3 is 1. The van der Waals surface area contributed by atoms with Crippen molar-refractivity contribution < 1.29 is 9.53 Å². The molecule has 0 spiro atoms. The van der Waals surface area contributed by atoms with Crippen LogP contribution >= 0.6 is 0 Å². The van der Waals surface area contributed by atoms with Gasteiger partial charge in [-0.25, -0.2) is 4.79 Å². The summed E-state index contributed by atoms with van der Waals surface area (Å²) in [5.74, 6) is 0.563. The summed E-state index contributed by atoms with van der Waals surface area (Å²) in [5.41, 5.74) is 1.20. The number of para-hydroxylation sites is 1. The summed E-state index contributed by atoms with van der Waals surface area (Å²) >= 11 is 0. The van der Waals surface area contributed by atoms with Gasteiger partial charge in [0, 0.05) is 57.3 Å². The number of rotatable bonds is 7. The molecule has 1 aromatic carbocycles. The highest BCUT2D eigenvalue weighted by Crippen LogP contribution is 2.19. The quantitative estimate of drug-likeness (QED) is 0.757. The molecule has 134 valence electrons. The van der Waals surface area contributed by atoms with Crippen LogP contribution in [0.5, 0.6) is 0 Å². The molecule has 3 rings (SSSR count). The number of aryl methyl sites for hydroxylation is 1. The molecule has 25 heavy (non-hydrogen) atoms. The molecular weight excluding hydrogens is 318 g/mol. The van der Waals surface area contributed by atoms with Gasteiger partial charge in [-0.3, -0.25) is 10.00 Å². The van der Waals surface area contributed by atoms with Crippen molar-refractivity contribution in [3.05, 3.63) is 42.6 Å². The largest absolute Gasteiger partial charge is 0.385 e. The Morgan fingerprint density at radius 3 is 2.96 bits per heavy atom. The third kappa shape index (κ3) is 4.96. The van der Waals surface area contributed by atoms with Crippen LogP contribution in [0.4, 0.5) is 16.3 Å². The summed E-state index contributed by atoms with van der Waals surface area (Å²) in [5, 5.41) is 10.2. The fourth-order valence-electron chi connectivity index (χ4n) is 3.01. The molecule has 0 radical (unpaired) electrons. The van der Waals surface area contributed by atoms with E-state index in [1.807, 2.05) is 24.4 Å². The maximum atomic E-state index is 12.2. The van der Waals surface area contributed by atoms with Gasteiger partial charge in [-0.15, -0.1) is 0 Å². The van der Waals surface area contributed by atoms with Gasteiger partial charge in [0.2, 0.25) is 0 Å². The molecule has 1 aliphatic heterocycles. The molecule has 1 saturated heterocycles. The predicted molar refractivity (Wildman–Crippen MR) is 97.9 cm³/mol. The molecule has 0 saturated carbocycles. The van der Waals surface area contributed by atoms with Crippen LogP contribution in [-0.2, 0) is 11.3 Å². The maximum Gasteiger partial charge on any atom is 0.320 e. The standard InChI is InChI=1S/C18H25N5O2/c1-25-13-5-10-23-12-9-17(21-23)20-18(24)19-15-8-11-22(14-15)16-6-3-2-4-7-16/h2-4,6-7,9,12,15H,5,8,10-11,13-14H2,1H3,(H2,19,20,21,24)/t15-/m0/s1. The van der Waals surface area contributed by atoms with Crippen molar-refractivity contribution in [3.63, 3.8) is 0 Å². The van der Waals surface area contributed by atoms with E-state index in [2.05, 4.69) is 32.8 Å². The molecule has 1 aliphatic rings. The molecule has 1 fully saturated rings. The number of hydrogen-bond donors (Lipinski definition) is 2. The van der Waals surface area contributed by atoms with Gasteiger partial charge in [-0.05, 0) is 25.0 Å². The van der Waals surface area contributed by atoms with E-state index < -0.39 is 0 Å². The zero-order valence-corrected chi connectivity index (χ0v) is 14.5. The van der Waals surface area contributed by atoms with E-state index in [9.17, 15) is 4.79 Å². The summed E-state index contributed by atoms with van der Waals surface area (Å²) in [7, 11) is 1.68. The van der Waals surface area contributed by atoms with E-state index in [1.165, 1.54) is 5.69 Å². The second-order valence-corrected chi connectivity index (χ2v) is 6.18. The summed E-state index contributed by atoms with van der Waals surface area (Å²) in [4.78, 5) is 14.5. The number of urea groups is 1. The van der Waals surface area contributed by atoms with Gasteiger partial charge in [-0.2, -0.15) is 5.10 Å². The third-order valence-electron chi connectivity index (χ3n) is 4.26. The SMILES string of the molecule is COCCCn1ccc(NC(=O)N[C@H]2CCN(c3ccccc3)C2)n1. The molecule has 2 N–H and O–H groups in total. The van der Waals surface area contributed by atoms with Gasteiger partial charge in [-0.1, -0.05) is 18.2 Å². The lowest BCUT2D eigenvalue weighted by Crippen LogP contribution is -2.39. The molecular formula is C18H25N5O2. The van der Waals surface area contributed by atoms with Gasteiger partial charge >= 0.3 is 6.03 Å². The summed E-state index contributed by atoms with van der Waals surface area (Å²) in [6.07, 6.45) is 3.69. The lowest BCUT2D eigenvalue weighted by molar-refractivity contribution is 0.189. The lowest BCUT2D eigenvalue weighted by atomic mass is 10.3. The highest BCUT2D eigenvalue weighted by atomic mass is 16.5. The van der Waals surface area contributed by atoms with Crippen LogP contribution < -0.4 is 15.5 Å². The van der Waals surface area contributed by atoms with Crippen molar-refractivity contribution in [3.8, 4) is 0 Å². The number of benzene rings is 1. The molecule has 2 aromatic rings. The summed E-state index contributed by atoms with van der Waals surface area (Å²) in [6, 6.07) is 12.0. The molecule has 0 bridgehead atoms. The van der Waals surface area contributed by atoms with E-state index >= 15 is 0 Å². The van der Waals surface area contributed by atoms with Crippen LogP contribution in [0.15, 0.2) is 42.6 Å². The molecule has 1 atom stereocenters. The van der Waals surface area contributed by atoms with Crippen LogP contribution in [0, 0.1) is 0 Å². The molecule has 1 aromatic heterocycles. The normalized spacial score (nSPS) is 16.8. The number of amides is 2. The van der Waals surface area contributed by atoms with Crippen LogP contribution in [0.25, 0.3) is 0 Å². The van der Waals surface area contributed by atoms with Crippen LogP contribution in [-0.4, -0.2) is 48.7 Å². The van der Waals surface area contributed by atoms with Gasteiger partial charge in [0.25, 0.3) is 0 Å². The zero-order valence-electron chi connectivity index (χ0n) is 14.5. The van der Waals surface area contributed by atoms with E-state index in [-0.39, 0.29) is 12.1 Å². The molecule has 0 unspecified atom stereocenters. The number of ether oxygens (including phenoxy) is 1. The topological polar surface area (TPSA) is 71.4 Å². The number of nitrogens with one attached hydrogen (secondary N) is 2. The average molecular weight is 343 g/mol. The van der Waals surface area contributed by atoms with Crippen molar-refractivity contribution in [2.24, 2.45) is 0 Å². The minimum Gasteiger partial charge on any atom is -0.385 e. The fraction of sp³-hybridized carbons (Fsp3) is 0.444. The van der Waals surface area contributed by atoms with Crippen LogP contribution in [0.1, 0.15) is 12.8 Å². The van der Waals surface area contributed by atoms with E-state index in [0.717, 1.165) is 32.5 Å². The zero-order chi connectivity index (χ0) is 17.5. The van der Waals surface area contributed by atoms with Gasteiger partial charge in [0.05, 0.1) is 0 Å². The number of carbonyl (C=O) groups is 1. The van der Waals surface area contributed by atoms with Gasteiger partial charge in [0.15, 0.2) is 5.82 Å². The van der Waals surface area contributed by atoms with Crippen molar-refractivity contribution in [2.75, 3.05) is 37.0 Å². The Morgan fingerprint density at radius 2 is 2.16 bits per heavy atom. The van der Waals surface area contributed by atoms with Gasteiger partial charge < -0.3 is 15.0 Å². The Balaban J connectivity index is 1.44. The van der Waals surface area contributed by atoms with E-state index in [1.54, 1.807) is 17.9 Å². The number of hydrogen-bond acceptors (Lipinski definition) is 4. The molecule has 2 heterocycles. The fourth-order valence-corrected chi connectivity index (χ4v) is 3.01. The minimum atomic E-state index is -0.206. The van der Waals surface area contributed by atoms with Crippen LogP contribution in [0.3, 0.4) is 0 Å². The predicted octanol–water partition coefficient (Wildman–Crippen LogP) is 2.32. The van der Waals surface area contributed by atoms with Crippen molar-refractivity contribution in [1.29, 1.82) is 0 Å². The highest BCUT2D eigenvalue weighted by molar-refractivity contribution is 5.88. The second kappa shape index (κ2) is 8.53. The summed E-state index contributed by atoms with van der Waals surface area (Å²) < 4.78 is 6.83. The highest BCUT2D eigenvalue weighted by Gasteiger charge is 2.24. The molecule has 0 aliphatic carbocycles. The second-order valence-electron chi connectivity index (χ2n) is 6.18. The summed E-state index contributed by atoms with van der Waals surface area (Å²) in [6.45, 7) is 3.24. The first-order chi connectivity index (χ1) is 12.2. The lowest BCUT2D eigenvalue weighted by Gasteiger charge is -2.18. The molecule has 7 heteroatoms.